The molecule has 2 rings (SSSR count). The van der Waals surface area contributed by atoms with E-state index in [-0.39, 0.29) is 5.91 Å². The second-order valence-corrected chi connectivity index (χ2v) is 5.07. The summed E-state index contributed by atoms with van der Waals surface area (Å²) < 4.78 is 5.72. The lowest BCUT2D eigenvalue weighted by atomic mass is 10.1. The summed E-state index contributed by atoms with van der Waals surface area (Å²) in [5, 5.41) is 2.82. The maximum Gasteiger partial charge on any atom is 0.261 e. The third-order valence-electron chi connectivity index (χ3n) is 3.17. The van der Waals surface area contributed by atoms with E-state index in [1.54, 1.807) is 13.1 Å². The summed E-state index contributed by atoms with van der Waals surface area (Å²) in [6.07, 6.45) is 1.16. The Morgan fingerprint density at radius 1 is 1.29 bits per heavy atom. The number of carbonyl (C=O) groups excluding carboxylic acids is 1. The van der Waals surface area contributed by atoms with Crippen molar-refractivity contribution >= 4 is 5.91 Å². The number of hydrogen-bond acceptors (Lipinski definition) is 3. The van der Waals surface area contributed by atoms with Crippen LogP contribution in [0.25, 0.3) is 0 Å². The van der Waals surface area contributed by atoms with Crippen LogP contribution < -0.4 is 10.1 Å². The Hall–Kier alpha value is -2.36. The van der Waals surface area contributed by atoms with Crippen LogP contribution in [0.2, 0.25) is 0 Å². The van der Waals surface area contributed by atoms with Crippen LogP contribution in [0.5, 0.6) is 5.75 Å². The van der Waals surface area contributed by atoms with Crippen molar-refractivity contribution in [1.29, 1.82) is 0 Å². The number of ether oxygens (including phenoxy) is 1. The van der Waals surface area contributed by atoms with Gasteiger partial charge in [0.15, 0.2) is 6.10 Å². The molecule has 0 saturated carbocycles. The molecule has 0 aliphatic heterocycles. The predicted octanol–water partition coefficient (Wildman–Crippen LogP) is 2.78. The van der Waals surface area contributed by atoms with E-state index >= 15 is 0 Å². The van der Waals surface area contributed by atoms with Crippen LogP contribution in [0, 0.1) is 13.8 Å². The zero-order valence-electron chi connectivity index (χ0n) is 12.6. The monoisotopic (exact) mass is 284 g/mol. The molecule has 0 saturated heterocycles. The van der Waals surface area contributed by atoms with Gasteiger partial charge in [0, 0.05) is 6.20 Å². The number of hydrogen-bond donors (Lipinski definition) is 1. The largest absolute Gasteiger partial charge is 0.481 e. The van der Waals surface area contributed by atoms with Gasteiger partial charge in [-0.05, 0) is 44.5 Å². The second kappa shape index (κ2) is 6.88. The van der Waals surface area contributed by atoms with Gasteiger partial charge in [-0.25, -0.2) is 0 Å². The molecule has 21 heavy (non-hydrogen) atoms. The lowest BCUT2D eigenvalue weighted by molar-refractivity contribution is -0.127. The summed E-state index contributed by atoms with van der Waals surface area (Å²) >= 11 is 0. The molecule has 1 aromatic heterocycles. The fourth-order valence-electron chi connectivity index (χ4n) is 2.00. The first kappa shape index (κ1) is 15.0. The second-order valence-electron chi connectivity index (χ2n) is 5.07. The molecular weight excluding hydrogens is 264 g/mol. The van der Waals surface area contributed by atoms with Crippen LogP contribution in [-0.2, 0) is 11.3 Å². The van der Waals surface area contributed by atoms with E-state index in [0.29, 0.717) is 6.54 Å². The maximum atomic E-state index is 12.0. The minimum atomic E-state index is -0.546. The SMILES string of the molecule is Cc1ccc(O[C@@H](C)C(=O)NCc2ccccn2)c(C)c1. The summed E-state index contributed by atoms with van der Waals surface area (Å²) in [4.78, 5) is 16.2. The Balaban J connectivity index is 1.90. The molecule has 4 nitrogen and oxygen atoms in total. The van der Waals surface area contributed by atoms with Crippen molar-refractivity contribution in [3.05, 3.63) is 59.4 Å². The number of nitrogens with one attached hydrogen (secondary N) is 1. The Morgan fingerprint density at radius 3 is 2.76 bits per heavy atom. The summed E-state index contributed by atoms with van der Waals surface area (Å²) in [7, 11) is 0. The molecule has 1 N–H and O–H groups in total. The normalized spacial score (nSPS) is 11.8. The van der Waals surface area contributed by atoms with Gasteiger partial charge in [0.1, 0.15) is 5.75 Å². The van der Waals surface area contributed by atoms with Crippen molar-refractivity contribution in [2.24, 2.45) is 0 Å². The topological polar surface area (TPSA) is 51.2 Å². The summed E-state index contributed by atoms with van der Waals surface area (Å²) in [5.74, 6) is 0.585. The molecule has 0 fully saturated rings. The van der Waals surface area contributed by atoms with Gasteiger partial charge in [-0.15, -0.1) is 0 Å². The van der Waals surface area contributed by atoms with Gasteiger partial charge in [-0.3, -0.25) is 9.78 Å². The van der Waals surface area contributed by atoms with Gasteiger partial charge in [0.2, 0.25) is 0 Å². The molecule has 0 bridgehead atoms. The van der Waals surface area contributed by atoms with E-state index < -0.39 is 6.10 Å². The minimum Gasteiger partial charge on any atom is -0.481 e. The van der Waals surface area contributed by atoms with Crippen molar-refractivity contribution in [1.82, 2.24) is 10.3 Å². The molecule has 0 aliphatic carbocycles. The maximum absolute atomic E-state index is 12.0. The first-order valence-corrected chi connectivity index (χ1v) is 6.98. The molecule has 0 radical (unpaired) electrons. The zero-order valence-corrected chi connectivity index (χ0v) is 12.6. The third kappa shape index (κ3) is 4.31. The molecule has 1 atom stereocenters. The van der Waals surface area contributed by atoms with Gasteiger partial charge in [0.25, 0.3) is 5.91 Å². The fraction of sp³-hybridized carbons (Fsp3) is 0.294. The van der Waals surface area contributed by atoms with Crippen molar-refractivity contribution in [3.8, 4) is 5.75 Å². The fourth-order valence-corrected chi connectivity index (χ4v) is 2.00. The summed E-state index contributed by atoms with van der Waals surface area (Å²) in [6, 6.07) is 11.5. The minimum absolute atomic E-state index is 0.152. The molecule has 0 aliphatic rings. The van der Waals surface area contributed by atoms with E-state index in [1.165, 1.54) is 5.56 Å². The van der Waals surface area contributed by atoms with E-state index in [9.17, 15) is 4.79 Å². The highest BCUT2D eigenvalue weighted by Crippen LogP contribution is 2.20. The Bertz CT molecular complexity index is 611. The van der Waals surface area contributed by atoms with E-state index in [4.69, 9.17) is 4.74 Å². The average Bonchev–Trinajstić information content (AvgIpc) is 2.48. The molecular formula is C17H20N2O2. The van der Waals surface area contributed by atoms with Gasteiger partial charge in [-0.1, -0.05) is 23.8 Å². The number of nitrogens with zero attached hydrogens (tertiary/aromatic N) is 1. The van der Waals surface area contributed by atoms with Crippen LogP contribution in [0.4, 0.5) is 0 Å². The van der Waals surface area contributed by atoms with E-state index in [2.05, 4.69) is 10.3 Å². The Labute approximate surface area is 125 Å². The van der Waals surface area contributed by atoms with Gasteiger partial charge >= 0.3 is 0 Å². The number of aromatic nitrogens is 1. The van der Waals surface area contributed by atoms with Gasteiger partial charge in [-0.2, -0.15) is 0 Å². The number of aryl methyl sites for hydroxylation is 2. The Morgan fingerprint density at radius 2 is 2.10 bits per heavy atom. The number of benzene rings is 1. The third-order valence-corrected chi connectivity index (χ3v) is 3.17. The molecule has 0 spiro atoms. The van der Waals surface area contributed by atoms with Crippen LogP contribution in [0.3, 0.4) is 0 Å². The highest BCUT2D eigenvalue weighted by Gasteiger charge is 2.15. The number of rotatable bonds is 5. The number of carbonyl (C=O) groups is 1. The molecule has 0 unspecified atom stereocenters. The molecule has 2 aromatic rings. The van der Waals surface area contributed by atoms with Crippen LogP contribution in [-0.4, -0.2) is 17.0 Å². The lowest BCUT2D eigenvalue weighted by Gasteiger charge is -2.16. The lowest BCUT2D eigenvalue weighted by Crippen LogP contribution is -2.36. The predicted molar refractivity (Wildman–Crippen MR) is 82.1 cm³/mol. The molecule has 1 aromatic carbocycles. The van der Waals surface area contributed by atoms with Crippen LogP contribution in [0.15, 0.2) is 42.6 Å². The smallest absolute Gasteiger partial charge is 0.261 e. The number of pyridine rings is 1. The van der Waals surface area contributed by atoms with Gasteiger partial charge in [0.05, 0.1) is 12.2 Å². The standard InChI is InChI=1S/C17H20N2O2/c1-12-7-8-16(13(2)10-12)21-14(3)17(20)19-11-15-6-4-5-9-18-15/h4-10,14H,11H2,1-3H3,(H,19,20)/t14-/m0/s1. The summed E-state index contributed by atoms with van der Waals surface area (Å²) in [5.41, 5.74) is 3.02. The average molecular weight is 284 g/mol. The zero-order chi connectivity index (χ0) is 15.2. The van der Waals surface area contributed by atoms with Crippen molar-refractivity contribution in [3.63, 3.8) is 0 Å². The van der Waals surface area contributed by atoms with E-state index in [0.717, 1.165) is 17.0 Å². The van der Waals surface area contributed by atoms with Gasteiger partial charge < -0.3 is 10.1 Å². The molecule has 1 amide bonds. The number of amides is 1. The summed E-state index contributed by atoms with van der Waals surface area (Å²) in [6.45, 7) is 6.15. The Kier molecular flexibility index (Phi) is 4.93. The first-order valence-electron chi connectivity index (χ1n) is 6.98. The van der Waals surface area contributed by atoms with Crippen molar-refractivity contribution in [2.45, 2.75) is 33.4 Å². The quantitative estimate of drug-likeness (QED) is 0.918. The van der Waals surface area contributed by atoms with Crippen molar-refractivity contribution in [2.75, 3.05) is 0 Å². The highest BCUT2D eigenvalue weighted by atomic mass is 16.5. The first-order chi connectivity index (χ1) is 10.1. The van der Waals surface area contributed by atoms with Crippen LogP contribution >= 0.6 is 0 Å². The van der Waals surface area contributed by atoms with Crippen LogP contribution in [0.1, 0.15) is 23.7 Å². The highest BCUT2D eigenvalue weighted by molar-refractivity contribution is 5.80. The molecule has 110 valence electrons. The van der Waals surface area contributed by atoms with E-state index in [1.807, 2.05) is 50.2 Å². The molecule has 4 heteroatoms. The van der Waals surface area contributed by atoms with Crippen molar-refractivity contribution < 1.29 is 9.53 Å². The molecule has 1 heterocycles.